The molecule has 0 atom stereocenters. The topological polar surface area (TPSA) is 0 Å². The number of rotatable bonds is 2. The maximum absolute atomic E-state index is 11.7. The van der Waals surface area contributed by atoms with Crippen LogP contribution in [0.15, 0.2) is 23.8 Å². The van der Waals surface area contributed by atoms with E-state index in [-0.39, 0.29) is 5.57 Å². The average Bonchev–Trinajstić information content (AvgIpc) is 1.85. The van der Waals surface area contributed by atoms with E-state index in [1.165, 1.54) is 6.92 Å². The molecule has 0 aromatic rings. The van der Waals surface area contributed by atoms with E-state index in [0.29, 0.717) is 6.08 Å². The first-order valence-corrected chi connectivity index (χ1v) is 2.87. The first-order chi connectivity index (χ1) is 4.88. The minimum Gasteiger partial charge on any atom is -0.246 e. The lowest BCUT2D eigenvalue weighted by Gasteiger charge is -2.05. The Bertz CT molecular complexity index is 175. The molecule has 0 aromatic carbocycles. The van der Waals surface area contributed by atoms with Gasteiger partial charge in [-0.3, -0.25) is 0 Å². The molecule has 0 aliphatic rings. The molecule has 0 bridgehead atoms. The standard InChI is InChI=1S/C7H8F4/c1-5(4-8)3-6(2)7(9,10)11/h3H,2,4H2,1H3/b5-3+. The van der Waals surface area contributed by atoms with Crippen molar-refractivity contribution in [1.82, 2.24) is 0 Å². The minimum absolute atomic E-state index is 0.0207. The first-order valence-electron chi connectivity index (χ1n) is 2.87. The number of halogens is 4. The molecule has 4 heteroatoms. The van der Waals surface area contributed by atoms with Gasteiger partial charge in [0.15, 0.2) is 0 Å². The van der Waals surface area contributed by atoms with Crippen molar-refractivity contribution in [3.63, 3.8) is 0 Å². The number of allylic oxidation sites excluding steroid dienone is 3. The smallest absolute Gasteiger partial charge is 0.246 e. The summed E-state index contributed by atoms with van der Waals surface area (Å²) in [6, 6.07) is 0. The Morgan fingerprint density at radius 2 is 1.91 bits per heavy atom. The minimum atomic E-state index is -4.45. The Balaban J connectivity index is 4.30. The van der Waals surface area contributed by atoms with Crippen molar-refractivity contribution < 1.29 is 17.6 Å². The molecule has 0 N–H and O–H groups in total. The summed E-state index contributed by atoms with van der Waals surface area (Å²) in [5.74, 6) is 0. The molecule has 0 nitrogen and oxygen atoms in total. The highest BCUT2D eigenvalue weighted by atomic mass is 19.4. The summed E-state index contributed by atoms with van der Waals surface area (Å²) in [6.07, 6.45) is -3.75. The van der Waals surface area contributed by atoms with Crippen molar-refractivity contribution in [2.45, 2.75) is 13.1 Å². The van der Waals surface area contributed by atoms with Crippen LogP contribution in [0.25, 0.3) is 0 Å². The molecule has 0 heterocycles. The van der Waals surface area contributed by atoms with Crippen molar-refractivity contribution in [2.75, 3.05) is 6.67 Å². The normalized spacial score (nSPS) is 13.4. The van der Waals surface area contributed by atoms with E-state index >= 15 is 0 Å². The molecule has 0 radical (unpaired) electrons. The summed E-state index contributed by atoms with van der Waals surface area (Å²) in [7, 11) is 0. The Morgan fingerprint density at radius 3 is 2.18 bits per heavy atom. The highest BCUT2D eigenvalue weighted by Crippen LogP contribution is 2.25. The van der Waals surface area contributed by atoms with E-state index < -0.39 is 18.4 Å². The lowest BCUT2D eigenvalue weighted by Crippen LogP contribution is -2.09. The second kappa shape index (κ2) is 3.55. The first kappa shape index (κ1) is 10.2. The third kappa shape index (κ3) is 3.80. The van der Waals surface area contributed by atoms with Gasteiger partial charge in [-0.05, 0) is 18.6 Å². The molecule has 0 saturated carbocycles. The Labute approximate surface area is 62.2 Å². The zero-order chi connectivity index (χ0) is 9.07. The van der Waals surface area contributed by atoms with Gasteiger partial charge in [0.05, 0.1) is 0 Å². The summed E-state index contributed by atoms with van der Waals surface area (Å²) in [5.41, 5.74) is -1.00. The van der Waals surface area contributed by atoms with Gasteiger partial charge in [0.1, 0.15) is 6.67 Å². The Morgan fingerprint density at radius 1 is 1.45 bits per heavy atom. The van der Waals surface area contributed by atoms with Gasteiger partial charge in [-0.25, -0.2) is 4.39 Å². The molecule has 0 unspecified atom stereocenters. The van der Waals surface area contributed by atoms with Crippen molar-refractivity contribution in [3.05, 3.63) is 23.8 Å². The fraction of sp³-hybridized carbons (Fsp3) is 0.429. The number of hydrogen-bond donors (Lipinski definition) is 0. The highest BCUT2D eigenvalue weighted by Gasteiger charge is 2.30. The van der Waals surface area contributed by atoms with Gasteiger partial charge in [0, 0.05) is 5.57 Å². The van der Waals surface area contributed by atoms with Crippen LogP contribution in [0.3, 0.4) is 0 Å². The van der Waals surface area contributed by atoms with Gasteiger partial charge in [0.2, 0.25) is 0 Å². The fourth-order valence-electron chi connectivity index (χ4n) is 0.418. The van der Waals surface area contributed by atoms with E-state index in [1.807, 2.05) is 0 Å². The van der Waals surface area contributed by atoms with Crippen LogP contribution in [-0.4, -0.2) is 12.9 Å². The van der Waals surface area contributed by atoms with E-state index in [0.717, 1.165) is 0 Å². The van der Waals surface area contributed by atoms with Crippen LogP contribution in [-0.2, 0) is 0 Å². The van der Waals surface area contributed by atoms with Crippen LogP contribution in [0.4, 0.5) is 17.6 Å². The third-order valence-electron chi connectivity index (χ3n) is 0.996. The summed E-state index contributed by atoms with van der Waals surface area (Å²) in [5, 5.41) is 0. The molecular formula is C7H8F4. The molecule has 64 valence electrons. The molecule has 0 fully saturated rings. The van der Waals surface area contributed by atoms with Gasteiger partial charge in [-0.1, -0.05) is 6.58 Å². The highest BCUT2D eigenvalue weighted by molar-refractivity contribution is 5.23. The largest absolute Gasteiger partial charge is 0.415 e. The molecular weight excluding hydrogens is 160 g/mol. The van der Waals surface area contributed by atoms with E-state index in [4.69, 9.17) is 0 Å². The molecule has 11 heavy (non-hydrogen) atoms. The van der Waals surface area contributed by atoms with Crippen LogP contribution in [0, 0.1) is 0 Å². The molecule has 0 rings (SSSR count). The maximum atomic E-state index is 11.7. The Hall–Kier alpha value is -0.800. The van der Waals surface area contributed by atoms with Gasteiger partial charge in [0.25, 0.3) is 0 Å². The van der Waals surface area contributed by atoms with Gasteiger partial charge < -0.3 is 0 Å². The average molecular weight is 168 g/mol. The van der Waals surface area contributed by atoms with E-state index in [2.05, 4.69) is 6.58 Å². The van der Waals surface area contributed by atoms with Crippen LogP contribution in [0.1, 0.15) is 6.92 Å². The number of hydrogen-bond acceptors (Lipinski definition) is 0. The molecule has 0 saturated heterocycles. The number of alkyl halides is 4. The summed E-state index contributed by atoms with van der Waals surface area (Å²) in [6.45, 7) is 3.14. The van der Waals surface area contributed by atoms with Crippen LogP contribution < -0.4 is 0 Å². The zero-order valence-corrected chi connectivity index (χ0v) is 6.00. The third-order valence-corrected chi connectivity index (χ3v) is 0.996. The van der Waals surface area contributed by atoms with Crippen molar-refractivity contribution >= 4 is 0 Å². The molecule has 0 amide bonds. The molecule has 0 aliphatic heterocycles. The molecule has 0 aliphatic carbocycles. The van der Waals surface area contributed by atoms with E-state index in [1.54, 1.807) is 0 Å². The van der Waals surface area contributed by atoms with E-state index in [9.17, 15) is 17.6 Å². The summed E-state index contributed by atoms with van der Waals surface area (Å²) < 4.78 is 46.7. The second-order valence-corrected chi connectivity index (χ2v) is 2.15. The maximum Gasteiger partial charge on any atom is 0.415 e. The molecule has 0 spiro atoms. The summed E-state index contributed by atoms with van der Waals surface area (Å²) in [4.78, 5) is 0. The SMILES string of the molecule is C=C(/C=C(\C)CF)C(F)(F)F. The quantitative estimate of drug-likeness (QED) is 0.439. The van der Waals surface area contributed by atoms with Crippen molar-refractivity contribution in [2.24, 2.45) is 0 Å². The van der Waals surface area contributed by atoms with Crippen LogP contribution in [0.5, 0.6) is 0 Å². The van der Waals surface area contributed by atoms with Gasteiger partial charge in [-0.2, -0.15) is 13.2 Å². The predicted octanol–water partition coefficient (Wildman–Crippen LogP) is 3.02. The second-order valence-electron chi connectivity index (χ2n) is 2.15. The van der Waals surface area contributed by atoms with Crippen LogP contribution >= 0.6 is 0 Å². The van der Waals surface area contributed by atoms with Crippen LogP contribution in [0.2, 0.25) is 0 Å². The van der Waals surface area contributed by atoms with Gasteiger partial charge in [-0.15, -0.1) is 0 Å². The van der Waals surface area contributed by atoms with Crippen molar-refractivity contribution in [3.8, 4) is 0 Å². The molecule has 0 aromatic heterocycles. The summed E-state index contributed by atoms with van der Waals surface area (Å²) >= 11 is 0. The fourth-order valence-corrected chi connectivity index (χ4v) is 0.418. The predicted molar refractivity (Wildman–Crippen MR) is 34.9 cm³/mol. The van der Waals surface area contributed by atoms with Gasteiger partial charge >= 0.3 is 6.18 Å². The zero-order valence-electron chi connectivity index (χ0n) is 6.00. The lowest BCUT2D eigenvalue weighted by molar-refractivity contribution is -0.0878. The monoisotopic (exact) mass is 168 g/mol. The van der Waals surface area contributed by atoms with Crippen molar-refractivity contribution in [1.29, 1.82) is 0 Å². The Kier molecular flexibility index (Phi) is 3.29. The lowest BCUT2D eigenvalue weighted by atomic mass is 10.2.